The van der Waals surface area contributed by atoms with Gasteiger partial charge in [0, 0.05) is 24.2 Å². The van der Waals surface area contributed by atoms with Crippen molar-refractivity contribution in [3.05, 3.63) is 33.6 Å². The Bertz CT molecular complexity index is 533. The first-order valence-electron chi connectivity index (χ1n) is 7.09. The fourth-order valence-electron chi connectivity index (χ4n) is 2.62. The summed E-state index contributed by atoms with van der Waals surface area (Å²) in [5.74, 6) is -0.437. The summed E-state index contributed by atoms with van der Waals surface area (Å²) >= 11 is 11.8. The Hall–Kier alpha value is -0.840. The molecule has 1 fully saturated rings. The number of amides is 1. The standard InChI is InChI=1S/C15H19Cl2FN2O/c1-9(11-7-14(18)13(17)8-12(11)16)19-10(2)15(21)20-5-3-4-6-20/h7-10,19H,3-6H2,1-2H3. The summed E-state index contributed by atoms with van der Waals surface area (Å²) < 4.78 is 13.6. The first-order valence-corrected chi connectivity index (χ1v) is 7.85. The molecule has 1 saturated heterocycles. The first-order chi connectivity index (χ1) is 9.90. The summed E-state index contributed by atoms with van der Waals surface area (Å²) in [5, 5.41) is 3.56. The topological polar surface area (TPSA) is 32.3 Å². The predicted molar refractivity (Wildman–Crippen MR) is 83.2 cm³/mol. The predicted octanol–water partition coefficient (Wildman–Crippen LogP) is 3.79. The lowest BCUT2D eigenvalue weighted by Gasteiger charge is -2.25. The van der Waals surface area contributed by atoms with Gasteiger partial charge in [0.25, 0.3) is 0 Å². The molecule has 1 amide bonds. The average Bonchev–Trinajstić information content (AvgIpc) is 2.95. The number of hydrogen-bond acceptors (Lipinski definition) is 2. The van der Waals surface area contributed by atoms with Crippen LogP contribution >= 0.6 is 23.2 Å². The van der Waals surface area contributed by atoms with Crippen molar-refractivity contribution in [3.8, 4) is 0 Å². The summed E-state index contributed by atoms with van der Waals surface area (Å²) in [4.78, 5) is 14.1. The third-order valence-corrected chi connectivity index (χ3v) is 4.41. The molecule has 6 heteroatoms. The van der Waals surface area contributed by atoms with Gasteiger partial charge >= 0.3 is 0 Å². The zero-order valence-electron chi connectivity index (χ0n) is 12.1. The monoisotopic (exact) mass is 332 g/mol. The van der Waals surface area contributed by atoms with Crippen LogP contribution in [0.1, 0.15) is 38.3 Å². The molecule has 0 spiro atoms. The molecule has 1 aliphatic rings. The highest BCUT2D eigenvalue weighted by Crippen LogP contribution is 2.29. The minimum Gasteiger partial charge on any atom is -0.341 e. The van der Waals surface area contributed by atoms with Crippen LogP contribution in [0.4, 0.5) is 4.39 Å². The minimum atomic E-state index is -0.511. The maximum atomic E-state index is 13.6. The quantitative estimate of drug-likeness (QED) is 0.850. The summed E-state index contributed by atoms with van der Waals surface area (Å²) in [5.41, 5.74) is 0.597. The van der Waals surface area contributed by atoms with Crippen molar-refractivity contribution in [2.45, 2.75) is 38.8 Å². The number of benzene rings is 1. The Morgan fingerprint density at radius 3 is 2.48 bits per heavy atom. The van der Waals surface area contributed by atoms with Crippen molar-refractivity contribution in [3.63, 3.8) is 0 Å². The van der Waals surface area contributed by atoms with Crippen molar-refractivity contribution in [1.82, 2.24) is 10.2 Å². The molecule has 1 aliphatic heterocycles. The molecule has 0 bridgehead atoms. The maximum Gasteiger partial charge on any atom is 0.239 e. The van der Waals surface area contributed by atoms with Crippen molar-refractivity contribution >= 4 is 29.1 Å². The molecule has 0 radical (unpaired) electrons. The zero-order valence-corrected chi connectivity index (χ0v) is 13.6. The van der Waals surface area contributed by atoms with Crippen LogP contribution in [-0.4, -0.2) is 29.9 Å². The van der Waals surface area contributed by atoms with E-state index in [1.807, 2.05) is 18.7 Å². The van der Waals surface area contributed by atoms with Gasteiger partial charge in [-0.1, -0.05) is 23.2 Å². The van der Waals surface area contributed by atoms with E-state index in [1.165, 1.54) is 12.1 Å². The van der Waals surface area contributed by atoms with E-state index < -0.39 is 5.82 Å². The molecule has 0 aromatic heterocycles. The second kappa shape index (κ2) is 6.95. The first kappa shape index (κ1) is 16.5. The number of carbonyl (C=O) groups excluding carboxylic acids is 1. The van der Waals surface area contributed by atoms with E-state index in [1.54, 1.807) is 0 Å². The van der Waals surface area contributed by atoms with E-state index in [2.05, 4.69) is 5.32 Å². The fraction of sp³-hybridized carbons (Fsp3) is 0.533. The molecule has 2 atom stereocenters. The maximum absolute atomic E-state index is 13.6. The Morgan fingerprint density at radius 2 is 1.86 bits per heavy atom. The van der Waals surface area contributed by atoms with Gasteiger partial charge in [0.05, 0.1) is 11.1 Å². The molecule has 1 aromatic rings. The zero-order chi connectivity index (χ0) is 15.6. The fourth-order valence-corrected chi connectivity index (χ4v) is 3.16. The molecule has 1 N–H and O–H groups in total. The van der Waals surface area contributed by atoms with Crippen LogP contribution in [0.5, 0.6) is 0 Å². The molecule has 1 aromatic carbocycles. The molecular formula is C15H19Cl2FN2O. The second-order valence-electron chi connectivity index (χ2n) is 5.43. The van der Waals surface area contributed by atoms with Gasteiger partial charge in [0.15, 0.2) is 0 Å². The Kier molecular flexibility index (Phi) is 5.47. The average molecular weight is 333 g/mol. The third-order valence-electron chi connectivity index (χ3n) is 3.79. The Balaban J connectivity index is 2.05. The lowest BCUT2D eigenvalue weighted by molar-refractivity contribution is -0.132. The van der Waals surface area contributed by atoms with Crippen molar-refractivity contribution in [1.29, 1.82) is 0 Å². The van der Waals surface area contributed by atoms with E-state index in [4.69, 9.17) is 23.2 Å². The Labute approximate surface area is 134 Å². The number of carbonyl (C=O) groups is 1. The molecule has 116 valence electrons. The molecule has 2 rings (SSSR count). The summed E-state index contributed by atoms with van der Waals surface area (Å²) in [6.45, 7) is 5.30. The van der Waals surface area contributed by atoms with Gasteiger partial charge in [-0.25, -0.2) is 4.39 Å². The largest absolute Gasteiger partial charge is 0.341 e. The smallest absolute Gasteiger partial charge is 0.239 e. The molecule has 2 unspecified atom stereocenters. The van der Waals surface area contributed by atoms with E-state index in [9.17, 15) is 9.18 Å². The summed E-state index contributed by atoms with van der Waals surface area (Å²) in [7, 11) is 0. The van der Waals surface area contributed by atoms with E-state index in [-0.39, 0.29) is 23.0 Å². The van der Waals surface area contributed by atoms with Gasteiger partial charge < -0.3 is 4.90 Å². The van der Waals surface area contributed by atoms with Gasteiger partial charge in [0.1, 0.15) is 5.82 Å². The minimum absolute atomic E-state index is 0.00265. The number of hydrogen-bond donors (Lipinski definition) is 1. The molecule has 21 heavy (non-hydrogen) atoms. The highest BCUT2D eigenvalue weighted by atomic mass is 35.5. The second-order valence-corrected chi connectivity index (χ2v) is 6.24. The van der Waals surface area contributed by atoms with E-state index in [0.29, 0.717) is 10.6 Å². The van der Waals surface area contributed by atoms with Crippen LogP contribution in [0.15, 0.2) is 12.1 Å². The molecule has 3 nitrogen and oxygen atoms in total. The van der Waals surface area contributed by atoms with Crippen molar-refractivity contribution in [2.24, 2.45) is 0 Å². The highest BCUT2D eigenvalue weighted by molar-refractivity contribution is 6.35. The Morgan fingerprint density at radius 1 is 1.24 bits per heavy atom. The van der Waals surface area contributed by atoms with E-state index >= 15 is 0 Å². The van der Waals surface area contributed by atoms with Crippen LogP contribution in [-0.2, 0) is 4.79 Å². The summed E-state index contributed by atoms with van der Waals surface area (Å²) in [6, 6.07) is 2.12. The number of nitrogens with one attached hydrogen (secondary N) is 1. The van der Waals surface area contributed by atoms with Crippen molar-refractivity contribution < 1.29 is 9.18 Å². The van der Waals surface area contributed by atoms with Crippen LogP contribution < -0.4 is 5.32 Å². The van der Waals surface area contributed by atoms with Crippen LogP contribution in [0.2, 0.25) is 10.0 Å². The third kappa shape index (κ3) is 3.87. The van der Waals surface area contributed by atoms with Gasteiger partial charge in [-0.15, -0.1) is 0 Å². The van der Waals surface area contributed by atoms with Gasteiger partial charge in [-0.2, -0.15) is 0 Å². The van der Waals surface area contributed by atoms with Crippen LogP contribution in [0.25, 0.3) is 0 Å². The van der Waals surface area contributed by atoms with Gasteiger partial charge in [0.2, 0.25) is 5.91 Å². The molecular weight excluding hydrogens is 314 g/mol. The number of halogens is 3. The lowest BCUT2D eigenvalue weighted by Crippen LogP contribution is -2.44. The van der Waals surface area contributed by atoms with Crippen LogP contribution in [0, 0.1) is 5.82 Å². The van der Waals surface area contributed by atoms with Gasteiger partial charge in [-0.3, -0.25) is 10.1 Å². The molecule has 0 saturated carbocycles. The molecule has 1 heterocycles. The lowest BCUT2D eigenvalue weighted by atomic mass is 10.1. The van der Waals surface area contributed by atoms with Crippen molar-refractivity contribution in [2.75, 3.05) is 13.1 Å². The highest BCUT2D eigenvalue weighted by Gasteiger charge is 2.25. The SMILES string of the molecule is CC(NC(C)c1cc(F)c(Cl)cc1Cl)C(=O)N1CCCC1. The van der Waals surface area contributed by atoms with Crippen LogP contribution in [0.3, 0.4) is 0 Å². The number of likely N-dealkylation sites (tertiary alicyclic amines) is 1. The molecule has 0 aliphatic carbocycles. The number of nitrogens with zero attached hydrogens (tertiary/aromatic N) is 1. The normalized spacial score (nSPS) is 17.9. The van der Waals surface area contributed by atoms with Gasteiger partial charge in [-0.05, 0) is 44.4 Å². The van der Waals surface area contributed by atoms with E-state index in [0.717, 1.165) is 25.9 Å². The summed E-state index contributed by atoms with van der Waals surface area (Å²) in [6.07, 6.45) is 2.12. The number of rotatable bonds is 4.